The third kappa shape index (κ3) is 3.10. The molecule has 0 saturated heterocycles. The van der Waals surface area contributed by atoms with E-state index in [9.17, 15) is 40.7 Å². The highest BCUT2D eigenvalue weighted by Crippen LogP contribution is 2.44. The SMILES string of the molecule is CCOC(=O)C1=C(C)OC(=O)C1(NC(=O)C(F)(F)F)C(F)(F)F. The van der Waals surface area contributed by atoms with E-state index in [1.807, 2.05) is 0 Å². The van der Waals surface area contributed by atoms with Crippen molar-refractivity contribution in [2.24, 2.45) is 0 Å². The van der Waals surface area contributed by atoms with Gasteiger partial charge in [-0.25, -0.2) is 9.59 Å². The molecule has 1 aliphatic rings. The van der Waals surface area contributed by atoms with Crippen LogP contribution < -0.4 is 5.32 Å². The molecule has 0 saturated carbocycles. The first-order valence-corrected chi connectivity index (χ1v) is 5.85. The van der Waals surface area contributed by atoms with Gasteiger partial charge in [-0.3, -0.25) is 4.79 Å². The van der Waals surface area contributed by atoms with Crippen LogP contribution in [0, 0.1) is 0 Å². The number of halogens is 6. The summed E-state index contributed by atoms with van der Waals surface area (Å²) in [6.45, 7) is 1.54. The molecule has 0 fully saturated rings. The lowest BCUT2D eigenvalue weighted by atomic mass is 9.89. The first-order valence-electron chi connectivity index (χ1n) is 5.85. The maximum atomic E-state index is 13.3. The molecule has 12 heteroatoms. The van der Waals surface area contributed by atoms with Crippen LogP contribution in [0.5, 0.6) is 0 Å². The van der Waals surface area contributed by atoms with Crippen molar-refractivity contribution in [2.45, 2.75) is 31.7 Å². The van der Waals surface area contributed by atoms with Crippen LogP contribution in [0.3, 0.4) is 0 Å². The van der Waals surface area contributed by atoms with Crippen molar-refractivity contribution in [3.05, 3.63) is 11.3 Å². The van der Waals surface area contributed by atoms with Crippen LogP contribution in [0.1, 0.15) is 13.8 Å². The van der Waals surface area contributed by atoms with Crippen molar-refractivity contribution < 1.29 is 50.2 Å². The number of carbonyl (C=O) groups is 3. The van der Waals surface area contributed by atoms with Gasteiger partial charge >= 0.3 is 30.2 Å². The summed E-state index contributed by atoms with van der Waals surface area (Å²) in [6, 6.07) is 0. The Balaban J connectivity index is 3.52. The van der Waals surface area contributed by atoms with E-state index in [1.165, 1.54) is 6.92 Å². The normalized spacial score (nSPS) is 22.0. The molecular weight excluding hydrogens is 340 g/mol. The van der Waals surface area contributed by atoms with Crippen molar-refractivity contribution in [3.63, 3.8) is 0 Å². The van der Waals surface area contributed by atoms with Crippen molar-refractivity contribution in [1.29, 1.82) is 0 Å². The average molecular weight is 349 g/mol. The number of nitrogens with one attached hydrogen (secondary N) is 1. The molecule has 1 rings (SSSR count). The fraction of sp³-hybridized carbons (Fsp3) is 0.545. The fourth-order valence-corrected chi connectivity index (χ4v) is 1.82. The average Bonchev–Trinajstić information content (AvgIpc) is 2.59. The monoisotopic (exact) mass is 349 g/mol. The number of allylic oxidation sites excluding steroid dienone is 1. The summed E-state index contributed by atoms with van der Waals surface area (Å²) < 4.78 is 85.3. The molecule has 0 aromatic carbocycles. The first kappa shape index (κ1) is 18.8. The Morgan fingerprint density at radius 3 is 2.13 bits per heavy atom. The van der Waals surface area contributed by atoms with Gasteiger partial charge in [-0.15, -0.1) is 0 Å². The summed E-state index contributed by atoms with van der Waals surface area (Å²) in [6.07, 6.45) is -11.5. The summed E-state index contributed by atoms with van der Waals surface area (Å²) in [5.74, 6) is -8.02. The molecule has 0 radical (unpaired) electrons. The second-order valence-electron chi connectivity index (χ2n) is 4.24. The number of rotatable bonds is 3. The number of carbonyl (C=O) groups excluding carboxylic acids is 3. The van der Waals surface area contributed by atoms with Gasteiger partial charge in [-0.05, 0) is 13.8 Å². The molecule has 1 N–H and O–H groups in total. The van der Waals surface area contributed by atoms with Crippen LogP contribution in [0.25, 0.3) is 0 Å². The Bertz CT molecular complexity index is 578. The summed E-state index contributed by atoms with van der Waals surface area (Å²) >= 11 is 0. The molecule has 130 valence electrons. The van der Waals surface area contributed by atoms with E-state index < -0.39 is 53.7 Å². The summed E-state index contributed by atoms with van der Waals surface area (Å²) in [7, 11) is 0. The molecule has 0 bridgehead atoms. The molecule has 1 atom stereocenters. The smallest absolute Gasteiger partial charge is 0.462 e. The van der Waals surface area contributed by atoms with E-state index in [-0.39, 0.29) is 0 Å². The molecule has 23 heavy (non-hydrogen) atoms. The Morgan fingerprint density at radius 2 is 1.74 bits per heavy atom. The Hall–Kier alpha value is -2.27. The largest absolute Gasteiger partial charge is 0.471 e. The third-order valence-corrected chi connectivity index (χ3v) is 2.74. The van der Waals surface area contributed by atoms with Gasteiger partial charge in [0.1, 0.15) is 11.3 Å². The van der Waals surface area contributed by atoms with Gasteiger partial charge in [0.05, 0.1) is 6.61 Å². The van der Waals surface area contributed by atoms with E-state index in [1.54, 1.807) is 0 Å². The molecule has 1 heterocycles. The van der Waals surface area contributed by atoms with E-state index in [2.05, 4.69) is 9.47 Å². The molecule has 1 aliphatic heterocycles. The lowest BCUT2D eigenvalue weighted by Crippen LogP contribution is -2.66. The van der Waals surface area contributed by atoms with E-state index in [0.717, 1.165) is 6.92 Å². The van der Waals surface area contributed by atoms with E-state index in [0.29, 0.717) is 5.32 Å². The van der Waals surface area contributed by atoms with Crippen LogP contribution in [0.4, 0.5) is 26.3 Å². The number of esters is 2. The Morgan fingerprint density at radius 1 is 1.22 bits per heavy atom. The predicted molar refractivity (Wildman–Crippen MR) is 58.4 cm³/mol. The number of alkyl halides is 6. The second kappa shape index (κ2) is 5.74. The number of amides is 1. The zero-order valence-corrected chi connectivity index (χ0v) is 11.5. The number of hydrogen-bond donors (Lipinski definition) is 1. The van der Waals surface area contributed by atoms with Gasteiger partial charge in [0.2, 0.25) is 0 Å². The van der Waals surface area contributed by atoms with Crippen LogP contribution in [0.15, 0.2) is 11.3 Å². The predicted octanol–water partition coefficient (Wildman–Crippen LogP) is 1.36. The third-order valence-electron chi connectivity index (χ3n) is 2.74. The zero-order chi connectivity index (χ0) is 18.2. The minimum absolute atomic E-state index is 0.426. The van der Waals surface area contributed by atoms with Crippen molar-refractivity contribution in [2.75, 3.05) is 6.61 Å². The molecule has 1 amide bonds. The lowest BCUT2D eigenvalue weighted by molar-refractivity contribution is -0.208. The van der Waals surface area contributed by atoms with E-state index in [4.69, 9.17) is 0 Å². The van der Waals surface area contributed by atoms with Crippen LogP contribution in [-0.4, -0.2) is 42.3 Å². The molecular formula is C11H9F6NO5. The highest BCUT2D eigenvalue weighted by molar-refractivity contribution is 6.07. The summed E-state index contributed by atoms with van der Waals surface area (Å²) in [5, 5.41) is 0.520. The summed E-state index contributed by atoms with van der Waals surface area (Å²) in [4.78, 5) is 34.1. The van der Waals surface area contributed by atoms with Gasteiger partial charge in [-0.2, -0.15) is 26.3 Å². The van der Waals surface area contributed by atoms with Crippen molar-refractivity contribution >= 4 is 17.8 Å². The fourth-order valence-electron chi connectivity index (χ4n) is 1.82. The van der Waals surface area contributed by atoms with Gasteiger partial charge in [0.15, 0.2) is 0 Å². The van der Waals surface area contributed by atoms with Gasteiger partial charge in [0.25, 0.3) is 5.54 Å². The molecule has 6 nitrogen and oxygen atoms in total. The number of hydrogen-bond acceptors (Lipinski definition) is 5. The minimum Gasteiger partial charge on any atom is -0.462 e. The number of cyclic esters (lactones) is 1. The van der Waals surface area contributed by atoms with Crippen molar-refractivity contribution in [3.8, 4) is 0 Å². The summed E-state index contributed by atoms with van der Waals surface area (Å²) in [5.41, 5.74) is -5.86. The van der Waals surface area contributed by atoms with Gasteiger partial charge < -0.3 is 14.8 Å². The standard InChI is InChI=1S/C11H9F6NO5/c1-3-22-6(19)5-4(2)23-8(21)9(5,11(15,16)17)18-7(20)10(12,13)14/h3H2,1-2H3,(H,18,20). The first-order chi connectivity index (χ1) is 10.3. The molecule has 0 aromatic rings. The highest BCUT2D eigenvalue weighted by atomic mass is 19.4. The van der Waals surface area contributed by atoms with Gasteiger partial charge in [-0.1, -0.05) is 0 Å². The maximum Gasteiger partial charge on any atom is 0.471 e. The zero-order valence-electron chi connectivity index (χ0n) is 11.5. The Kier molecular flexibility index (Phi) is 4.69. The van der Waals surface area contributed by atoms with Crippen LogP contribution in [0.2, 0.25) is 0 Å². The lowest BCUT2D eigenvalue weighted by Gasteiger charge is -2.30. The van der Waals surface area contributed by atoms with Gasteiger partial charge in [0, 0.05) is 0 Å². The number of ether oxygens (including phenoxy) is 2. The van der Waals surface area contributed by atoms with Crippen molar-refractivity contribution in [1.82, 2.24) is 5.32 Å². The maximum absolute atomic E-state index is 13.3. The quantitative estimate of drug-likeness (QED) is 0.615. The minimum atomic E-state index is -5.79. The molecule has 0 aliphatic carbocycles. The molecule has 0 aromatic heterocycles. The van der Waals surface area contributed by atoms with Crippen LogP contribution in [-0.2, 0) is 23.9 Å². The highest BCUT2D eigenvalue weighted by Gasteiger charge is 2.72. The molecule has 1 unspecified atom stereocenters. The van der Waals surface area contributed by atoms with E-state index >= 15 is 0 Å². The molecule has 0 spiro atoms. The topological polar surface area (TPSA) is 81.7 Å². The van der Waals surface area contributed by atoms with Crippen LogP contribution >= 0.6 is 0 Å². The second-order valence-corrected chi connectivity index (χ2v) is 4.24. The Labute approximate surface area is 124 Å².